The van der Waals surface area contributed by atoms with Crippen LogP contribution < -0.4 is 5.32 Å². The van der Waals surface area contributed by atoms with Gasteiger partial charge in [0.15, 0.2) is 17.4 Å². The number of allylic oxidation sites excluding steroid dienone is 1. The molecule has 1 N–H and O–H groups in total. The van der Waals surface area contributed by atoms with Crippen LogP contribution in [0, 0.1) is 0 Å². The number of rotatable bonds is 0. The predicted octanol–water partition coefficient (Wildman–Crippen LogP) is -0.346. The molecule has 0 spiro atoms. The van der Waals surface area contributed by atoms with Crippen LogP contribution >= 0.6 is 0 Å². The molecule has 3 heteroatoms. The van der Waals surface area contributed by atoms with Gasteiger partial charge in [-0.05, 0) is 6.42 Å². The number of piperidine rings is 1. The van der Waals surface area contributed by atoms with Gasteiger partial charge in [0, 0.05) is 13.0 Å². The van der Waals surface area contributed by atoms with Crippen molar-refractivity contribution in [2.75, 3.05) is 6.54 Å². The van der Waals surface area contributed by atoms with Crippen molar-refractivity contribution in [2.45, 2.75) is 12.8 Å². The van der Waals surface area contributed by atoms with E-state index in [9.17, 15) is 9.59 Å². The van der Waals surface area contributed by atoms with Gasteiger partial charge in [-0.2, -0.15) is 0 Å². The first-order chi connectivity index (χ1) is 4.34. The number of carbonyl (C=O) groups is 1. The van der Waals surface area contributed by atoms with E-state index in [1.165, 1.54) is 0 Å². The second-order valence-electron chi connectivity index (χ2n) is 1.93. The average Bonchev–Trinajstić information content (AvgIpc) is 1.89. The van der Waals surface area contributed by atoms with E-state index >= 15 is 0 Å². The summed E-state index contributed by atoms with van der Waals surface area (Å²) in [6, 6.07) is 0. The Kier molecular flexibility index (Phi) is 1.66. The summed E-state index contributed by atoms with van der Waals surface area (Å²) in [6.45, 7) is 0.719. The molecule has 1 aliphatic heterocycles. The molecule has 1 heterocycles. The van der Waals surface area contributed by atoms with Crippen LogP contribution in [0.4, 0.5) is 0 Å². The third-order valence-electron chi connectivity index (χ3n) is 1.26. The van der Waals surface area contributed by atoms with Crippen molar-refractivity contribution in [3.63, 3.8) is 0 Å². The van der Waals surface area contributed by atoms with Gasteiger partial charge in [0.25, 0.3) is 0 Å². The monoisotopic (exact) mass is 125 g/mol. The molecule has 0 amide bonds. The summed E-state index contributed by atoms with van der Waals surface area (Å²) in [6.07, 6.45) is 1.31. The number of hydrogen-bond acceptors (Lipinski definition) is 3. The maximum Gasteiger partial charge on any atom is 0.190 e. The second-order valence-corrected chi connectivity index (χ2v) is 1.93. The fourth-order valence-corrected chi connectivity index (χ4v) is 0.779. The van der Waals surface area contributed by atoms with E-state index in [4.69, 9.17) is 0 Å². The predicted molar refractivity (Wildman–Crippen MR) is 31.5 cm³/mol. The number of Topliss-reactive ketones (excluding diaryl/α,β-unsaturated/α-hetero) is 1. The van der Waals surface area contributed by atoms with Crippen LogP contribution in [-0.2, 0) is 9.59 Å². The lowest BCUT2D eigenvalue weighted by Crippen LogP contribution is -2.27. The lowest BCUT2D eigenvalue weighted by Gasteiger charge is -2.10. The van der Waals surface area contributed by atoms with Gasteiger partial charge in [-0.3, -0.25) is 4.79 Å². The topological polar surface area (TPSA) is 46.2 Å². The number of hydrogen-bond donors (Lipinski definition) is 1. The minimum absolute atomic E-state index is 0.112. The van der Waals surface area contributed by atoms with Gasteiger partial charge in [-0.25, -0.2) is 4.79 Å². The first-order valence-electron chi connectivity index (χ1n) is 2.87. The Bertz CT molecular complexity index is 179. The van der Waals surface area contributed by atoms with Crippen LogP contribution in [0.1, 0.15) is 12.8 Å². The average molecular weight is 125 g/mol. The lowest BCUT2D eigenvalue weighted by molar-refractivity contribution is -0.116. The second kappa shape index (κ2) is 2.46. The summed E-state index contributed by atoms with van der Waals surface area (Å²) < 4.78 is 0. The standard InChI is InChI=1S/C6H7NO2/c8-4-5-6(9)2-1-3-7-5/h7H,1-3H2. The fraction of sp³-hybridized carbons (Fsp3) is 0.500. The van der Waals surface area contributed by atoms with Crippen molar-refractivity contribution in [1.29, 1.82) is 0 Å². The van der Waals surface area contributed by atoms with Gasteiger partial charge < -0.3 is 5.32 Å². The highest BCUT2D eigenvalue weighted by atomic mass is 16.1. The van der Waals surface area contributed by atoms with Gasteiger partial charge in [0.05, 0.1) is 0 Å². The van der Waals surface area contributed by atoms with E-state index in [-0.39, 0.29) is 11.5 Å². The van der Waals surface area contributed by atoms with E-state index in [2.05, 4.69) is 5.32 Å². The molecule has 1 aliphatic rings. The van der Waals surface area contributed by atoms with Gasteiger partial charge in [0.2, 0.25) is 0 Å². The number of ketones is 1. The van der Waals surface area contributed by atoms with Gasteiger partial charge >= 0.3 is 0 Å². The highest BCUT2D eigenvalue weighted by Gasteiger charge is 2.13. The van der Waals surface area contributed by atoms with E-state index in [0.29, 0.717) is 6.42 Å². The first-order valence-corrected chi connectivity index (χ1v) is 2.87. The summed E-state index contributed by atoms with van der Waals surface area (Å²) in [4.78, 5) is 20.6. The Hall–Kier alpha value is -1.08. The van der Waals surface area contributed by atoms with Crippen molar-refractivity contribution >= 4 is 11.7 Å². The third-order valence-corrected chi connectivity index (χ3v) is 1.26. The summed E-state index contributed by atoms with van der Waals surface area (Å²) >= 11 is 0. The van der Waals surface area contributed by atoms with Crippen LogP contribution in [0.3, 0.4) is 0 Å². The Morgan fingerprint density at radius 1 is 1.56 bits per heavy atom. The fourth-order valence-electron chi connectivity index (χ4n) is 0.779. The maximum absolute atomic E-state index is 10.7. The molecule has 3 nitrogen and oxygen atoms in total. The maximum atomic E-state index is 10.7. The Morgan fingerprint density at radius 2 is 2.33 bits per heavy atom. The van der Waals surface area contributed by atoms with E-state index in [1.54, 1.807) is 5.94 Å². The molecule has 0 unspecified atom stereocenters. The van der Waals surface area contributed by atoms with Crippen molar-refractivity contribution in [1.82, 2.24) is 5.32 Å². The molecule has 1 rings (SSSR count). The first kappa shape index (κ1) is 6.05. The van der Waals surface area contributed by atoms with E-state index in [0.717, 1.165) is 13.0 Å². The summed E-state index contributed by atoms with van der Waals surface area (Å²) in [7, 11) is 0. The molecule has 1 fully saturated rings. The zero-order valence-corrected chi connectivity index (χ0v) is 4.94. The molecular weight excluding hydrogens is 118 g/mol. The third kappa shape index (κ3) is 1.18. The van der Waals surface area contributed by atoms with Crippen molar-refractivity contribution in [3.05, 3.63) is 5.70 Å². The molecule has 0 atom stereocenters. The summed E-state index contributed by atoms with van der Waals surface area (Å²) in [5.41, 5.74) is 0.112. The zero-order valence-electron chi connectivity index (χ0n) is 4.94. The van der Waals surface area contributed by atoms with Crippen molar-refractivity contribution < 1.29 is 9.59 Å². The number of carbonyl (C=O) groups excluding carboxylic acids is 2. The van der Waals surface area contributed by atoms with Crippen LogP contribution in [0.15, 0.2) is 5.70 Å². The minimum Gasteiger partial charge on any atom is -0.373 e. The summed E-state index contributed by atoms with van der Waals surface area (Å²) in [5.74, 6) is 1.45. The van der Waals surface area contributed by atoms with Gasteiger partial charge in [-0.1, -0.05) is 0 Å². The van der Waals surface area contributed by atoms with Crippen LogP contribution in [0.5, 0.6) is 0 Å². The van der Waals surface area contributed by atoms with Crippen LogP contribution in [0.25, 0.3) is 0 Å². The van der Waals surface area contributed by atoms with Crippen LogP contribution in [0.2, 0.25) is 0 Å². The van der Waals surface area contributed by atoms with Crippen LogP contribution in [-0.4, -0.2) is 18.3 Å². The Balaban J connectivity index is 2.71. The molecule has 0 aromatic heterocycles. The Morgan fingerprint density at radius 3 is 2.78 bits per heavy atom. The number of nitrogens with one attached hydrogen (secondary N) is 1. The molecule has 1 saturated heterocycles. The van der Waals surface area contributed by atoms with E-state index in [1.807, 2.05) is 0 Å². The van der Waals surface area contributed by atoms with Gasteiger partial charge in [0.1, 0.15) is 0 Å². The molecule has 48 valence electrons. The normalized spacial score (nSPS) is 18.7. The highest BCUT2D eigenvalue weighted by molar-refractivity contribution is 6.02. The molecule has 0 bridgehead atoms. The highest BCUT2D eigenvalue weighted by Crippen LogP contribution is 2.01. The smallest absolute Gasteiger partial charge is 0.190 e. The molecule has 9 heavy (non-hydrogen) atoms. The van der Waals surface area contributed by atoms with Crippen molar-refractivity contribution in [3.8, 4) is 0 Å². The molecule has 0 aromatic rings. The molecule has 0 aromatic carbocycles. The molecule has 0 aliphatic carbocycles. The van der Waals surface area contributed by atoms with E-state index < -0.39 is 0 Å². The molecule has 0 saturated carbocycles. The summed E-state index contributed by atoms with van der Waals surface area (Å²) in [5, 5.41) is 2.66. The molecule has 0 radical (unpaired) electrons. The SMILES string of the molecule is O=C=C1NCCCC1=O. The molecular formula is C6H7NO2. The van der Waals surface area contributed by atoms with Gasteiger partial charge in [-0.15, -0.1) is 0 Å². The quantitative estimate of drug-likeness (QED) is 0.355. The lowest BCUT2D eigenvalue weighted by atomic mass is 10.1. The Labute approximate surface area is 52.7 Å². The largest absolute Gasteiger partial charge is 0.373 e. The zero-order chi connectivity index (χ0) is 6.69. The minimum atomic E-state index is -0.115. The van der Waals surface area contributed by atoms with Crippen molar-refractivity contribution in [2.24, 2.45) is 0 Å².